The zero-order valence-electron chi connectivity index (χ0n) is 12.0. The molecule has 0 aromatic carbocycles. The number of esters is 1. The third-order valence-electron chi connectivity index (χ3n) is 6.78. The number of carbonyl (C=O) groups is 1. The molecule has 0 amide bonds. The van der Waals surface area contributed by atoms with Gasteiger partial charge >= 0.3 is 5.97 Å². The molecule has 4 saturated carbocycles. The van der Waals surface area contributed by atoms with Crippen LogP contribution in [0.4, 0.5) is 0 Å². The molecule has 3 nitrogen and oxygen atoms in total. The lowest BCUT2D eigenvalue weighted by atomic mass is 9.68. The maximum absolute atomic E-state index is 11.6. The van der Waals surface area contributed by atoms with Crippen LogP contribution in [0.1, 0.15) is 32.1 Å². The van der Waals surface area contributed by atoms with Gasteiger partial charge in [0.1, 0.15) is 0 Å². The summed E-state index contributed by atoms with van der Waals surface area (Å²) in [4.78, 5) is 11.6. The smallest absolute Gasteiger partial charge is 0.335 e. The van der Waals surface area contributed by atoms with Crippen molar-refractivity contribution in [1.82, 2.24) is 0 Å². The molecule has 4 aliphatic carbocycles. The van der Waals surface area contributed by atoms with Gasteiger partial charge in [-0.15, -0.1) is 0 Å². The molecule has 0 radical (unpaired) electrons. The second-order valence-corrected chi connectivity index (χ2v) is 7.50. The first kappa shape index (κ1) is 12.9. The number of hydrogen-bond donors (Lipinski definition) is 1. The minimum atomic E-state index is -0.417. The van der Waals surface area contributed by atoms with Crippen molar-refractivity contribution in [2.45, 2.75) is 32.1 Å². The first-order chi connectivity index (χ1) is 9.69. The molecule has 0 aliphatic heterocycles. The Morgan fingerprint density at radius 2 is 1.85 bits per heavy atom. The summed E-state index contributed by atoms with van der Waals surface area (Å²) >= 11 is 0. The number of carbonyl (C=O) groups excluding carboxylic acids is 1. The minimum absolute atomic E-state index is 0.172. The molecule has 0 aromatic rings. The average molecular weight is 276 g/mol. The molecule has 0 heterocycles. The molecule has 4 fully saturated rings. The van der Waals surface area contributed by atoms with E-state index in [0.717, 1.165) is 35.5 Å². The zero-order chi connectivity index (χ0) is 13.9. The lowest BCUT2D eigenvalue weighted by Crippen LogP contribution is -2.34. The molecule has 4 rings (SSSR count). The molecule has 110 valence electrons. The van der Waals surface area contributed by atoms with Crippen molar-refractivity contribution in [3.63, 3.8) is 0 Å². The molecule has 20 heavy (non-hydrogen) atoms. The van der Waals surface area contributed by atoms with Gasteiger partial charge in [0.2, 0.25) is 0 Å². The highest BCUT2D eigenvalue weighted by molar-refractivity contribution is 5.87. The summed E-state index contributed by atoms with van der Waals surface area (Å²) in [6, 6.07) is 0. The summed E-state index contributed by atoms with van der Waals surface area (Å²) in [6.07, 6.45) is 7.05. The van der Waals surface area contributed by atoms with Gasteiger partial charge in [0.05, 0.1) is 18.8 Å². The number of aliphatic hydroxyl groups is 1. The van der Waals surface area contributed by atoms with Crippen LogP contribution in [0.25, 0.3) is 0 Å². The van der Waals surface area contributed by atoms with Gasteiger partial charge in [0, 0.05) is 0 Å². The first-order valence-corrected chi connectivity index (χ1v) is 8.14. The number of hydrogen-bond acceptors (Lipinski definition) is 3. The van der Waals surface area contributed by atoms with Crippen molar-refractivity contribution in [2.75, 3.05) is 13.2 Å². The van der Waals surface area contributed by atoms with Gasteiger partial charge in [0.25, 0.3) is 0 Å². The molecule has 7 atom stereocenters. The first-order valence-electron chi connectivity index (χ1n) is 8.14. The highest BCUT2D eigenvalue weighted by Crippen LogP contribution is 2.68. The summed E-state index contributed by atoms with van der Waals surface area (Å²) in [5.74, 6) is 5.82. The Hall–Kier alpha value is -0.830. The monoisotopic (exact) mass is 276 g/mol. The van der Waals surface area contributed by atoms with Crippen LogP contribution in [-0.2, 0) is 9.53 Å². The van der Waals surface area contributed by atoms with Crippen molar-refractivity contribution < 1.29 is 14.6 Å². The quantitative estimate of drug-likeness (QED) is 0.487. The van der Waals surface area contributed by atoms with Crippen LogP contribution in [0, 0.1) is 41.4 Å². The zero-order valence-corrected chi connectivity index (χ0v) is 12.0. The van der Waals surface area contributed by atoms with Gasteiger partial charge < -0.3 is 9.84 Å². The van der Waals surface area contributed by atoms with Crippen molar-refractivity contribution in [3.8, 4) is 0 Å². The minimum Gasteiger partial charge on any atom is -0.462 e. The summed E-state index contributed by atoms with van der Waals surface area (Å²) < 4.78 is 5.36. The van der Waals surface area contributed by atoms with E-state index in [1.54, 1.807) is 0 Å². The molecule has 4 aliphatic rings. The molecule has 1 N–H and O–H groups in total. The van der Waals surface area contributed by atoms with E-state index in [9.17, 15) is 4.79 Å². The van der Waals surface area contributed by atoms with E-state index < -0.39 is 5.97 Å². The number of rotatable bonds is 4. The van der Waals surface area contributed by atoms with E-state index in [0.29, 0.717) is 12.5 Å². The molecule has 0 spiro atoms. The van der Waals surface area contributed by atoms with Crippen molar-refractivity contribution in [1.29, 1.82) is 0 Å². The Balaban J connectivity index is 1.39. The molecule has 7 unspecified atom stereocenters. The van der Waals surface area contributed by atoms with Crippen molar-refractivity contribution in [3.05, 3.63) is 12.2 Å². The Kier molecular flexibility index (Phi) is 2.95. The van der Waals surface area contributed by atoms with Gasteiger partial charge in [-0.2, -0.15) is 0 Å². The fourth-order valence-electron chi connectivity index (χ4n) is 6.24. The normalized spacial score (nSPS) is 47.5. The summed E-state index contributed by atoms with van der Waals surface area (Å²) in [7, 11) is 0. The van der Waals surface area contributed by atoms with Gasteiger partial charge in [-0.1, -0.05) is 6.58 Å². The van der Waals surface area contributed by atoms with E-state index in [-0.39, 0.29) is 12.2 Å². The highest BCUT2D eigenvalue weighted by Gasteiger charge is 2.62. The number of fused-ring (bicyclic) bond motifs is 9. The Morgan fingerprint density at radius 3 is 2.60 bits per heavy atom. The summed E-state index contributed by atoms with van der Waals surface area (Å²) in [5.41, 5.74) is 0.172. The third-order valence-corrected chi connectivity index (χ3v) is 6.78. The van der Waals surface area contributed by atoms with Crippen LogP contribution >= 0.6 is 0 Å². The van der Waals surface area contributed by atoms with Crippen LogP contribution < -0.4 is 0 Å². The van der Waals surface area contributed by atoms with Gasteiger partial charge in [-0.05, 0) is 73.5 Å². The molecule has 0 aromatic heterocycles. The molecular weight excluding hydrogens is 252 g/mol. The van der Waals surface area contributed by atoms with Crippen LogP contribution in [0.2, 0.25) is 0 Å². The van der Waals surface area contributed by atoms with Crippen molar-refractivity contribution >= 4 is 5.97 Å². The Labute approximate surface area is 120 Å². The lowest BCUT2D eigenvalue weighted by molar-refractivity contribution is -0.141. The average Bonchev–Trinajstić information content (AvgIpc) is 3.20. The molecular formula is C17H24O3. The second-order valence-electron chi connectivity index (χ2n) is 7.50. The SMILES string of the molecule is C=C(CO)C(=O)OCC1CC2CC1C1C3CCC(C3)C21. The predicted octanol–water partition coefficient (Wildman–Crippen LogP) is 2.40. The fraction of sp³-hybridized carbons (Fsp3) is 0.824. The maximum atomic E-state index is 11.6. The standard InChI is InChI=1S/C17H24O3/c1-9(7-18)17(19)20-8-13-5-12-6-14(13)16-11-3-2-10(4-11)15(12)16/h10-16,18H,1-8H2. The van der Waals surface area contributed by atoms with Gasteiger partial charge in [-0.3, -0.25) is 0 Å². The highest BCUT2D eigenvalue weighted by atomic mass is 16.5. The summed E-state index contributed by atoms with van der Waals surface area (Å²) in [5, 5.41) is 8.90. The van der Waals surface area contributed by atoms with Gasteiger partial charge in [0.15, 0.2) is 0 Å². The van der Waals surface area contributed by atoms with E-state index in [1.165, 1.54) is 32.1 Å². The predicted molar refractivity (Wildman–Crippen MR) is 74.7 cm³/mol. The van der Waals surface area contributed by atoms with E-state index >= 15 is 0 Å². The fourth-order valence-corrected chi connectivity index (χ4v) is 6.24. The molecule has 3 heteroatoms. The van der Waals surface area contributed by atoms with Crippen LogP contribution in [0.15, 0.2) is 12.2 Å². The molecule has 0 saturated heterocycles. The van der Waals surface area contributed by atoms with Crippen LogP contribution in [-0.4, -0.2) is 24.3 Å². The summed E-state index contributed by atoms with van der Waals surface area (Å²) in [6.45, 7) is 3.77. The van der Waals surface area contributed by atoms with E-state index in [4.69, 9.17) is 9.84 Å². The maximum Gasteiger partial charge on any atom is 0.335 e. The molecule has 4 bridgehead atoms. The number of aliphatic hydroxyl groups excluding tert-OH is 1. The van der Waals surface area contributed by atoms with E-state index in [1.807, 2.05) is 0 Å². The Bertz CT molecular complexity index is 444. The Morgan fingerprint density at radius 1 is 1.10 bits per heavy atom. The van der Waals surface area contributed by atoms with E-state index in [2.05, 4.69) is 6.58 Å². The largest absolute Gasteiger partial charge is 0.462 e. The van der Waals surface area contributed by atoms with Crippen LogP contribution in [0.5, 0.6) is 0 Å². The second kappa shape index (κ2) is 4.59. The van der Waals surface area contributed by atoms with Gasteiger partial charge in [-0.25, -0.2) is 4.79 Å². The topological polar surface area (TPSA) is 46.5 Å². The lowest BCUT2D eigenvalue weighted by Gasteiger charge is -2.38. The van der Waals surface area contributed by atoms with Crippen molar-refractivity contribution in [2.24, 2.45) is 41.4 Å². The third kappa shape index (κ3) is 1.71. The van der Waals surface area contributed by atoms with Crippen LogP contribution in [0.3, 0.4) is 0 Å². The number of ether oxygens (including phenoxy) is 1.